The molecule has 0 saturated heterocycles. The second-order valence-electron chi connectivity index (χ2n) is 5.28. The van der Waals surface area contributed by atoms with Crippen molar-refractivity contribution in [3.63, 3.8) is 0 Å². The van der Waals surface area contributed by atoms with Crippen LogP contribution in [-0.2, 0) is 6.42 Å². The van der Waals surface area contributed by atoms with Gasteiger partial charge in [-0.1, -0.05) is 53.3 Å². The Morgan fingerprint density at radius 3 is 2.68 bits per heavy atom. The SMILES string of the molecule is Fc1nc(Cc2ccccc2)cc(Nc2nc3ccc(Cl)nc3s2)n1. The first kappa shape index (κ1) is 15.9. The Labute approximate surface area is 151 Å². The monoisotopic (exact) mass is 371 g/mol. The number of hydrogen-bond donors (Lipinski definition) is 1. The molecular formula is C17H11ClFN5S. The molecule has 1 aromatic carbocycles. The van der Waals surface area contributed by atoms with Crippen molar-refractivity contribution in [2.45, 2.75) is 6.42 Å². The zero-order valence-corrected chi connectivity index (χ0v) is 14.4. The molecule has 0 spiro atoms. The normalized spacial score (nSPS) is 11.0. The van der Waals surface area contributed by atoms with Crippen LogP contribution >= 0.6 is 22.9 Å². The second-order valence-corrected chi connectivity index (χ2v) is 6.64. The molecule has 0 saturated carbocycles. The molecule has 0 radical (unpaired) electrons. The third-order valence-electron chi connectivity index (χ3n) is 3.44. The molecule has 0 aliphatic heterocycles. The molecule has 0 aliphatic carbocycles. The zero-order chi connectivity index (χ0) is 17.2. The molecule has 124 valence electrons. The molecule has 4 rings (SSSR count). The topological polar surface area (TPSA) is 63.6 Å². The number of halogens is 2. The maximum absolute atomic E-state index is 13.8. The molecule has 0 unspecified atom stereocenters. The van der Waals surface area contributed by atoms with Crippen molar-refractivity contribution in [2.75, 3.05) is 5.32 Å². The maximum atomic E-state index is 13.8. The molecule has 4 aromatic rings. The van der Waals surface area contributed by atoms with Crippen LogP contribution in [0.3, 0.4) is 0 Å². The van der Waals surface area contributed by atoms with Crippen molar-refractivity contribution in [1.82, 2.24) is 19.9 Å². The number of benzene rings is 1. The summed E-state index contributed by atoms with van der Waals surface area (Å²) in [5.74, 6) is 0.351. The van der Waals surface area contributed by atoms with E-state index in [1.54, 1.807) is 18.2 Å². The molecule has 0 bridgehead atoms. The fourth-order valence-electron chi connectivity index (χ4n) is 2.38. The number of nitrogens with one attached hydrogen (secondary N) is 1. The van der Waals surface area contributed by atoms with Crippen molar-refractivity contribution >= 4 is 44.2 Å². The van der Waals surface area contributed by atoms with Gasteiger partial charge >= 0.3 is 6.08 Å². The Balaban J connectivity index is 1.61. The van der Waals surface area contributed by atoms with Crippen molar-refractivity contribution in [3.05, 3.63) is 71.0 Å². The summed E-state index contributed by atoms with van der Waals surface area (Å²) in [5, 5.41) is 3.98. The fourth-order valence-corrected chi connectivity index (χ4v) is 3.43. The fraction of sp³-hybridized carbons (Fsp3) is 0.0588. The lowest BCUT2D eigenvalue weighted by molar-refractivity contribution is 0.535. The lowest BCUT2D eigenvalue weighted by Crippen LogP contribution is -2.02. The number of thiazole rings is 1. The van der Waals surface area contributed by atoms with Gasteiger partial charge in [-0.25, -0.2) is 15.0 Å². The summed E-state index contributed by atoms with van der Waals surface area (Å²) in [6, 6.07) is 14.9. The van der Waals surface area contributed by atoms with E-state index < -0.39 is 6.08 Å². The first-order valence-corrected chi connectivity index (χ1v) is 8.63. The first-order chi connectivity index (χ1) is 12.2. The van der Waals surface area contributed by atoms with Gasteiger partial charge in [-0.2, -0.15) is 9.37 Å². The minimum Gasteiger partial charge on any atom is -0.316 e. The van der Waals surface area contributed by atoms with Gasteiger partial charge in [-0.3, -0.25) is 0 Å². The lowest BCUT2D eigenvalue weighted by atomic mass is 10.1. The Kier molecular flexibility index (Phi) is 4.25. The number of nitrogens with zero attached hydrogens (tertiary/aromatic N) is 4. The van der Waals surface area contributed by atoms with Gasteiger partial charge in [0.2, 0.25) is 0 Å². The van der Waals surface area contributed by atoms with Crippen LogP contribution in [0, 0.1) is 6.08 Å². The van der Waals surface area contributed by atoms with Gasteiger partial charge < -0.3 is 5.32 Å². The molecule has 8 heteroatoms. The van der Waals surface area contributed by atoms with Crippen LogP contribution < -0.4 is 5.32 Å². The molecule has 5 nitrogen and oxygen atoms in total. The molecule has 0 amide bonds. The summed E-state index contributed by atoms with van der Waals surface area (Å²) in [6.45, 7) is 0. The molecule has 3 heterocycles. The standard InChI is InChI=1S/C17H11ClFN5S/c18-13-7-6-12-15(22-13)25-17(21-12)24-14-9-11(20-16(19)23-14)8-10-4-2-1-3-5-10/h1-7,9H,8H2,(H,20,21,23,24). The van der Waals surface area contributed by atoms with Crippen molar-refractivity contribution in [2.24, 2.45) is 0 Å². The van der Waals surface area contributed by atoms with Crippen molar-refractivity contribution in [1.29, 1.82) is 0 Å². The van der Waals surface area contributed by atoms with E-state index in [0.29, 0.717) is 33.0 Å². The third kappa shape index (κ3) is 3.72. The van der Waals surface area contributed by atoms with Crippen LogP contribution in [0.2, 0.25) is 5.15 Å². The summed E-state index contributed by atoms with van der Waals surface area (Å²) in [4.78, 5) is 17.0. The first-order valence-electron chi connectivity index (χ1n) is 7.43. The average Bonchev–Trinajstić information content (AvgIpc) is 2.96. The van der Waals surface area contributed by atoms with Gasteiger partial charge in [0.05, 0.1) is 5.69 Å². The van der Waals surface area contributed by atoms with Crippen LogP contribution in [0.4, 0.5) is 15.3 Å². The van der Waals surface area contributed by atoms with Crippen molar-refractivity contribution in [3.8, 4) is 0 Å². The van der Waals surface area contributed by atoms with Crippen LogP contribution in [0.25, 0.3) is 10.3 Å². The second kappa shape index (κ2) is 6.70. The summed E-state index contributed by atoms with van der Waals surface area (Å²) in [5.41, 5.74) is 2.35. The van der Waals surface area contributed by atoms with Gasteiger partial charge in [0.1, 0.15) is 21.3 Å². The molecule has 0 aliphatic rings. The van der Waals surface area contributed by atoms with E-state index >= 15 is 0 Å². The Morgan fingerprint density at radius 2 is 1.84 bits per heavy atom. The quantitative estimate of drug-likeness (QED) is 0.419. The van der Waals surface area contributed by atoms with Crippen LogP contribution in [-0.4, -0.2) is 19.9 Å². The maximum Gasteiger partial charge on any atom is 0.310 e. The number of hydrogen-bond acceptors (Lipinski definition) is 6. The minimum absolute atomic E-state index is 0.351. The third-order valence-corrected chi connectivity index (χ3v) is 4.53. The highest BCUT2D eigenvalue weighted by molar-refractivity contribution is 7.21. The molecule has 0 fully saturated rings. The van der Waals surface area contributed by atoms with E-state index in [9.17, 15) is 4.39 Å². The molecule has 25 heavy (non-hydrogen) atoms. The van der Waals surface area contributed by atoms with Gasteiger partial charge in [-0.15, -0.1) is 0 Å². The van der Waals surface area contributed by atoms with E-state index in [4.69, 9.17) is 11.6 Å². The lowest BCUT2D eigenvalue weighted by Gasteiger charge is -2.05. The van der Waals surface area contributed by atoms with E-state index in [2.05, 4.69) is 25.3 Å². The zero-order valence-electron chi connectivity index (χ0n) is 12.8. The van der Waals surface area contributed by atoms with E-state index in [-0.39, 0.29) is 0 Å². The highest BCUT2D eigenvalue weighted by Crippen LogP contribution is 2.27. The average molecular weight is 372 g/mol. The van der Waals surface area contributed by atoms with Crippen LogP contribution in [0.15, 0.2) is 48.5 Å². The van der Waals surface area contributed by atoms with Gasteiger partial charge in [0.25, 0.3) is 0 Å². The number of rotatable bonds is 4. The number of aromatic nitrogens is 4. The predicted octanol–water partition coefficient (Wildman–Crippen LogP) is 4.61. The van der Waals surface area contributed by atoms with Crippen LogP contribution in [0.5, 0.6) is 0 Å². The molecule has 0 atom stereocenters. The minimum atomic E-state index is -0.779. The van der Waals surface area contributed by atoms with Gasteiger partial charge in [-0.05, 0) is 17.7 Å². The smallest absolute Gasteiger partial charge is 0.310 e. The number of anilines is 2. The van der Waals surface area contributed by atoms with E-state index in [1.165, 1.54) is 11.3 Å². The Bertz CT molecular complexity index is 1040. The van der Waals surface area contributed by atoms with Gasteiger partial charge in [0.15, 0.2) is 5.13 Å². The summed E-state index contributed by atoms with van der Waals surface area (Å²) < 4.78 is 13.8. The molecular weight excluding hydrogens is 361 g/mol. The highest BCUT2D eigenvalue weighted by atomic mass is 35.5. The largest absolute Gasteiger partial charge is 0.316 e. The number of fused-ring (bicyclic) bond motifs is 1. The highest BCUT2D eigenvalue weighted by Gasteiger charge is 2.09. The summed E-state index contributed by atoms with van der Waals surface area (Å²) in [6.07, 6.45) is -0.260. The van der Waals surface area contributed by atoms with E-state index in [0.717, 1.165) is 11.1 Å². The van der Waals surface area contributed by atoms with Gasteiger partial charge in [0, 0.05) is 12.5 Å². The predicted molar refractivity (Wildman–Crippen MR) is 96.9 cm³/mol. The van der Waals surface area contributed by atoms with Crippen LogP contribution in [0.1, 0.15) is 11.3 Å². The number of pyridine rings is 1. The summed E-state index contributed by atoms with van der Waals surface area (Å²) in [7, 11) is 0. The Hall–Kier alpha value is -2.64. The molecule has 1 N–H and O–H groups in total. The molecule has 3 aromatic heterocycles. The Morgan fingerprint density at radius 1 is 1.00 bits per heavy atom. The summed E-state index contributed by atoms with van der Waals surface area (Å²) >= 11 is 7.21. The van der Waals surface area contributed by atoms with E-state index in [1.807, 2.05) is 30.3 Å². The van der Waals surface area contributed by atoms with Crippen molar-refractivity contribution < 1.29 is 4.39 Å².